The van der Waals surface area contributed by atoms with E-state index < -0.39 is 0 Å². The maximum Gasteiger partial charge on any atom is 0.145 e. The molecule has 1 aliphatic rings. The van der Waals surface area contributed by atoms with Crippen LogP contribution < -0.4 is 16.6 Å². The van der Waals surface area contributed by atoms with Crippen LogP contribution in [0.2, 0.25) is 0 Å². The number of nitrogens with one attached hydrogen (secondary N) is 2. The second kappa shape index (κ2) is 5.76. The minimum atomic E-state index is 0.193. The Bertz CT molecular complexity index is 360. The first kappa shape index (κ1) is 12.0. The maximum absolute atomic E-state index is 5.64. The molecule has 1 atom stereocenters. The molecule has 17 heavy (non-hydrogen) atoms. The smallest absolute Gasteiger partial charge is 0.145 e. The fourth-order valence-corrected chi connectivity index (χ4v) is 1.74. The van der Waals surface area contributed by atoms with Crippen molar-refractivity contribution in [3.63, 3.8) is 0 Å². The summed E-state index contributed by atoms with van der Waals surface area (Å²) in [5.41, 5.74) is 2.48. The minimum Gasteiger partial charge on any atom is -0.374 e. The van der Waals surface area contributed by atoms with Crippen LogP contribution in [0.15, 0.2) is 12.4 Å². The van der Waals surface area contributed by atoms with Gasteiger partial charge < -0.3 is 20.4 Å². The molecule has 1 aromatic heterocycles. The van der Waals surface area contributed by atoms with Gasteiger partial charge in [-0.25, -0.2) is 15.8 Å². The molecule has 7 heteroatoms. The van der Waals surface area contributed by atoms with Crippen molar-refractivity contribution in [3.8, 4) is 0 Å². The molecule has 1 fully saturated rings. The number of aromatic nitrogens is 2. The molecule has 0 aliphatic carbocycles. The lowest BCUT2D eigenvalue weighted by Gasteiger charge is -2.30. The van der Waals surface area contributed by atoms with E-state index in [2.05, 4.69) is 32.7 Å². The number of morpholine rings is 1. The normalized spacial score (nSPS) is 21.2. The van der Waals surface area contributed by atoms with Crippen LogP contribution >= 0.6 is 0 Å². The largest absolute Gasteiger partial charge is 0.374 e. The summed E-state index contributed by atoms with van der Waals surface area (Å²) in [6.07, 6.45) is 1.66. The third-order valence-corrected chi connectivity index (χ3v) is 2.67. The van der Waals surface area contributed by atoms with E-state index in [0.717, 1.165) is 32.1 Å². The van der Waals surface area contributed by atoms with Crippen molar-refractivity contribution in [1.29, 1.82) is 0 Å². The Labute approximate surface area is 100 Å². The lowest BCUT2D eigenvalue weighted by atomic mass is 10.3. The SMILES string of the molecule is CN1CCOC(CNc2cc(NN)ncn2)C1. The average Bonchev–Trinajstić information content (AvgIpc) is 2.37. The molecule has 94 valence electrons. The molecule has 2 rings (SSSR count). The molecule has 0 radical (unpaired) electrons. The van der Waals surface area contributed by atoms with Crippen molar-refractivity contribution in [2.45, 2.75) is 6.10 Å². The van der Waals surface area contributed by atoms with E-state index in [1.165, 1.54) is 6.33 Å². The van der Waals surface area contributed by atoms with Gasteiger partial charge in [0.2, 0.25) is 0 Å². The van der Waals surface area contributed by atoms with Crippen molar-refractivity contribution < 1.29 is 4.74 Å². The van der Waals surface area contributed by atoms with Crippen LogP contribution in [0.3, 0.4) is 0 Å². The van der Waals surface area contributed by atoms with Gasteiger partial charge in [-0.15, -0.1) is 0 Å². The molecule has 1 unspecified atom stereocenters. The average molecular weight is 238 g/mol. The van der Waals surface area contributed by atoms with Crippen LogP contribution in [0.1, 0.15) is 0 Å². The number of hydrazine groups is 1. The molecule has 0 saturated carbocycles. The Balaban J connectivity index is 1.84. The van der Waals surface area contributed by atoms with Gasteiger partial charge in [-0.3, -0.25) is 0 Å². The number of nitrogens with zero attached hydrogens (tertiary/aromatic N) is 3. The maximum atomic E-state index is 5.64. The zero-order chi connectivity index (χ0) is 12.1. The Morgan fingerprint density at radius 3 is 3.12 bits per heavy atom. The number of hydrogen-bond donors (Lipinski definition) is 3. The molecule has 2 heterocycles. The highest BCUT2D eigenvalue weighted by molar-refractivity contribution is 5.45. The number of likely N-dealkylation sites (N-methyl/N-ethyl adjacent to an activating group) is 1. The Kier molecular flexibility index (Phi) is 4.08. The second-order valence-electron chi connectivity index (χ2n) is 4.07. The van der Waals surface area contributed by atoms with E-state index >= 15 is 0 Å². The van der Waals surface area contributed by atoms with E-state index in [1.807, 2.05) is 0 Å². The summed E-state index contributed by atoms with van der Waals surface area (Å²) in [5.74, 6) is 6.60. The van der Waals surface area contributed by atoms with Gasteiger partial charge in [-0.05, 0) is 7.05 Å². The third-order valence-electron chi connectivity index (χ3n) is 2.67. The van der Waals surface area contributed by atoms with E-state index in [1.54, 1.807) is 6.07 Å². The van der Waals surface area contributed by atoms with Crippen LogP contribution in [0, 0.1) is 0 Å². The molecule has 1 aliphatic heterocycles. The zero-order valence-corrected chi connectivity index (χ0v) is 9.89. The molecule has 1 saturated heterocycles. The highest BCUT2D eigenvalue weighted by Crippen LogP contribution is 2.09. The van der Waals surface area contributed by atoms with E-state index in [4.69, 9.17) is 10.6 Å². The predicted molar refractivity (Wildman–Crippen MR) is 65.6 cm³/mol. The number of anilines is 2. The van der Waals surface area contributed by atoms with Gasteiger partial charge in [-0.2, -0.15) is 0 Å². The quantitative estimate of drug-likeness (QED) is 0.481. The molecule has 0 amide bonds. The second-order valence-corrected chi connectivity index (χ2v) is 4.07. The fourth-order valence-electron chi connectivity index (χ4n) is 1.74. The molecule has 0 bridgehead atoms. The van der Waals surface area contributed by atoms with Crippen molar-refractivity contribution in [1.82, 2.24) is 14.9 Å². The third kappa shape index (κ3) is 3.52. The summed E-state index contributed by atoms with van der Waals surface area (Å²) in [4.78, 5) is 10.3. The van der Waals surface area contributed by atoms with Crippen LogP contribution in [0.4, 0.5) is 11.6 Å². The van der Waals surface area contributed by atoms with Crippen molar-refractivity contribution in [3.05, 3.63) is 12.4 Å². The number of hydrogen-bond acceptors (Lipinski definition) is 7. The van der Waals surface area contributed by atoms with Crippen molar-refractivity contribution >= 4 is 11.6 Å². The highest BCUT2D eigenvalue weighted by atomic mass is 16.5. The highest BCUT2D eigenvalue weighted by Gasteiger charge is 2.17. The lowest BCUT2D eigenvalue weighted by molar-refractivity contribution is -0.0117. The van der Waals surface area contributed by atoms with Crippen LogP contribution in [-0.2, 0) is 4.74 Å². The summed E-state index contributed by atoms with van der Waals surface area (Å²) in [6, 6.07) is 1.76. The molecular weight excluding hydrogens is 220 g/mol. The Morgan fingerprint density at radius 1 is 1.53 bits per heavy atom. The number of ether oxygens (including phenoxy) is 1. The number of nitrogens with two attached hydrogens (primary N) is 1. The molecule has 4 N–H and O–H groups in total. The van der Waals surface area contributed by atoms with Crippen LogP contribution in [-0.4, -0.2) is 54.3 Å². The summed E-state index contributed by atoms with van der Waals surface area (Å²) in [5, 5.41) is 3.21. The predicted octanol–water partition coefficient (Wildman–Crippen LogP) is -0.495. The summed E-state index contributed by atoms with van der Waals surface area (Å²) in [7, 11) is 2.09. The summed E-state index contributed by atoms with van der Waals surface area (Å²) in [6.45, 7) is 3.43. The van der Waals surface area contributed by atoms with Crippen LogP contribution in [0.5, 0.6) is 0 Å². The van der Waals surface area contributed by atoms with Crippen molar-refractivity contribution in [2.24, 2.45) is 5.84 Å². The monoisotopic (exact) mass is 238 g/mol. The standard InChI is InChI=1S/C10H18N6O/c1-16-2-3-17-8(6-16)5-12-9-4-10(15-11)14-7-13-9/h4,7-8H,2-3,5-6,11H2,1H3,(H2,12,13,14,15). The molecule has 0 spiro atoms. The molecule has 0 aromatic carbocycles. The van der Waals surface area contributed by atoms with Gasteiger partial charge in [0.15, 0.2) is 0 Å². The van der Waals surface area contributed by atoms with E-state index in [0.29, 0.717) is 5.82 Å². The van der Waals surface area contributed by atoms with E-state index in [-0.39, 0.29) is 6.10 Å². The molecule has 1 aromatic rings. The first-order valence-corrected chi connectivity index (χ1v) is 5.60. The van der Waals surface area contributed by atoms with Gasteiger partial charge in [0, 0.05) is 25.7 Å². The summed E-state index contributed by atoms with van der Waals surface area (Å²) >= 11 is 0. The van der Waals surface area contributed by atoms with Gasteiger partial charge in [0.25, 0.3) is 0 Å². The number of rotatable bonds is 4. The van der Waals surface area contributed by atoms with Gasteiger partial charge in [0.1, 0.15) is 18.0 Å². The minimum absolute atomic E-state index is 0.193. The first-order chi connectivity index (χ1) is 8.28. The van der Waals surface area contributed by atoms with Gasteiger partial charge >= 0.3 is 0 Å². The van der Waals surface area contributed by atoms with E-state index in [9.17, 15) is 0 Å². The summed E-state index contributed by atoms with van der Waals surface area (Å²) < 4.78 is 5.64. The van der Waals surface area contributed by atoms with Crippen molar-refractivity contribution in [2.75, 3.05) is 44.0 Å². The lowest BCUT2D eigenvalue weighted by Crippen LogP contribution is -2.43. The fraction of sp³-hybridized carbons (Fsp3) is 0.600. The van der Waals surface area contributed by atoms with Gasteiger partial charge in [0.05, 0.1) is 12.7 Å². The number of nitrogen functional groups attached to an aromatic ring is 1. The Hall–Kier alpha value is -1.44. The topological polar surface area (TPSA) is 88.3 Å². The molecular formula is C10H18N6O. The van der Waals surface area contributed by atoms with Gasteiger partial charge in [-0.1, -0.05) is 0 Å². The zero-order valence-electron chi connectivity index (χ0n) is 9.89. The van der Waals surface area contributed by atoms with Crippen LogP contribution in [0.25, 0.3) is 0 Å². The Morgan fingerprint density at radius 2 is 2.35 bits per heavy atom. The first-order valence-electron chi connectivity index (χ1n) is 5.60. The molecule has 7 nitrogen and oxygen atoms in total.